The van der Waals surface area contributed by atoms with E-state index in [0.29, 0.717) is 6.42 Å². The first-order chi connectivity index (χ1) is 19.2. The summed E-state index contributed by atoms with van der Waals surface area (Å²) in [6, 6.07) is -0.639. The standard InChI is InChI=1S/C35H65NO3/c1-3-5-7-9-11-13-15-17-19-20-22-24-26-28-30-34(38)33(32-37)36-35(39)31-29-27-25-23-21-18-16-14-12-10-8-6-4-2/h13,15,20,22,28,30,33-34,37-38H,3-12,14,16-19,21,23-27,29,31-32H2,1-2H3,(H,36,39)/b15-13+,22-20+,30-28+. The molecule has 0 fully saturated rings. The second-order valence-electron chi connectivity index (χ2n) is 11.2. The highest BCUT2D eigenvalue weighted by Gasteiger charge is 2.17. The van der Waals surface area contributed by atoms with Crippen molar-refractivity contribution in [1.82, 2.24) is 5.32 Å². The molecule has 0 aliphatic carbocycles. The van der Waals surface area contributed by atoms with Crippen molar-refractivity contribution in [2.45, 2.75) is 174 Å². The number of hydrogen-bond donors (Lipinski definition) is 3. The molecule has 4 nitrogen and oxygen atoms in total. The van der Waals surface area contributed by atoms with Crippen LogP contribution in [0.2, 0.25) is 0 Å². The van der Waals surface area contributed by atoms with Crippen LogP contribution < -0.4 is 5.32 Å². The molecule has 2 unspecified atom stereocenters. The van der Waals surface area contributed by atoms with Crippen LogP contribution in [-0.2, 0) is 4.79 Å². The lowest BCUT2D eigenvalue weighted by Gasteiger charge is -2.19. The molecule has 228 valence electrons. The second kappa shape index (κ2) is 31.1. The average molecular weight is 548 g/mol. The van der Waals surface area contributed by atoms with Crippen LogP contribution in [0.25, 0.3) is 0 Å². The van der Waals surface area contributed by atoms with Gasteiger partial charge in [-0.15, -0.1) is 0 Å². The third kappa shape index (κ3) is 28.0. The van der Waals surface area contributed by atoms with Crippen molar-refractivity contribution in [3.8, 4) is 0 Å². The fraction of sp³-hybridized carbons (Fsp3) is 0.800. The van der Waals surface area contributed by atoms with Gasteiger partial charge in [0, 0.05) is 6.42 Å². The zero-order chi connectivity index (χ0) is 28.7. The van der Waals surface area contributed by atoms with Crippen molar-refractivity contribution in [2.75, 3.05) is 6.61 Å². The quantitative estimate of drug-likeness (QED) is 0.0645. The van der Waals surface area contributed by atoms with Gasteiger partial charge in [-0.25, -0.2) is 0 Å². The number of hydrogen-bond acceptors (Lipinski definition) is 3. The van der Waals surface area contributed by atoms with Gasteiger partial charge in [-0.3, -0.25) is 4.79 Å². The minimum Gasteiger partial charge on any atom is -0.394 e. The number of unbranched alkanes of at least 4 members (excludes halogenated alkanes) is 18. The van der Waals surface area contributed by atoms with Gasteiger partial charge in [-0.1, -0.05) is 147 Å². The van der Waals surface area contributed by atoms with Gasteiger partial charge in [0.15, 0.2) is 0 Å². The van der Waals surface area contributed by atoms with Gasteiger partial charge in [0.25, 0.3) is 0 Å². The topological polar surface area (TPSA) is 69.6 Å². The molecule has 0 radical (unpaired) electrons. The number of aliphatic hydroxyl groups excluding tert-OH is 2. The number of allylic oxidation sites excluding steroid dienone is 5. The van der Waals surface area contributed by atoms with Crippen molar-refractivity contribution in [3.63, 3.8) is 0 Å². The Balaban J connectivity index is 3.74. The van der Waals surface area contributed by atoms with Gasteiger partial charge in [0.2, 0.25) is 5.91 Å². The van der Waals surface area contributed by atoms with Crippen LogP contribution in [0.5, 0.6) is 0 Å². The van der Waals surface area contributed by atoms with Crippen LogP contribution in [-0.4, -0.2) is 34.9 Å². The molecule has 0 heterocycles. The number of rotatable bonds is 29. The first kappa shape index (κ1) is 37.6. The summed E-state index contributed by atoms with van der Waals surface area (Å²) in [4.78, 5) is 12.2. The van der Waals surface area contributed by atoms with Crippen molar-refractivity contribution in [1.29, 1.82) is 0 Å². The fourth-order valence-corrected chi connectivity index (χ4v) is 4.74. The Morgan fingerprint density at radius 3 is 1.49 bits per heavy atom. The maximum absolute atomic E-state index is 12.2. The first-order valence-corrected chi connectivity index (χ1v) is 16.7. The maximum atomic E-state index is 12.2. The summed E-state index contributed by atoms with van der Waals surface area (Å²) in [5, 5.41) is 22.8. The van der Waals surface area contributed by atoms with Gasteiger partial charge in [0.05, 0.1) is 18.8 Å². The summed E-state index contributed by atoms with van der Waals surface area (Å²) >= 11 is 0. The first-order valence-electron chi connectivity index (χ1n) is 16.7. The van der Waals surface area contributed by atoms with Gasteiger partial charge in [-0.05, 0) is 44.9 Å². The Morgan fingerprint density at radius 1 is 0.590 bits per heavy atom. The molecule has 1 amide bonds. The molecule has 0 aliphatic rings. The maximum Gasteiger partial charge on any atom is 0.220 e. The highest BCUT2D eigenvalue weighted by atomic mass is 16.3. The predicted molar refractivity (Wildman–Crippen MR) is 170 cm³/mol. The molecule has 0 rings (SSSR count). The Kier molecular flexibility index (Phi) is 30.0. The third-order valence-electron chi connectivity index (χ3n) is 7.35. The zero-order valence-electron chi connectivity index (χ0n) is 25.9. The van der Waals surface area contributed by atoms with E-state index in [1.54, 1.807) is 6.08 Å². The molecule has 0 saturated carbocycles. The molecular formula is C35H65NO3. The summed E-state index contributed by atoms with van der Waals surface area (Å²) in [5.74, 6) is -0.0810. The van der Waals surface area contributed by atoms with E-state index in [0.717, 1.165) is 38.5 Å². The monoisotopic (exact) mass is 547 g/mol. The summed E-state index contributed by atoms with van der Waals surface area (Å²) < 4.78 is 0. The minimum absolute atomic E-state index is 0.0810. The molecule has 4 heteroatoms. The Bertz CT molecular complexity index is 599. The minimum atomic E-state index is -0.864. The molecule has 39 heavy (non-hydrogen) atoms. The van der Waals surface area contributed by atoms with Crippen molar-refractivity contribution in [2.24, 2.45) is 0 Å². The van der Waals surface area contributed by atoms with Crippen LogP contribution in [0.4, 0.5) is 0 Å². The second-order valence-corrected chi connectivity index (χ2v) is 11.2. The van der Waals surface area contributed by atoms with E-state index in [1.165, 1.54) is 103 Å². The van der Waals surface area contributed by atoms with Crippen LogP contribution >= 0.6 is 0 Å². The molecule has 0 aromatic heterocycles. The van der Waals surface area contributed by atoms with E-state index in [4.69, 9.17) is 0 Å². The SMILES string of the molecule is CCCCCC/C=C/CC/C=C/CC/C=C/C(O)C(CO)NC(=O)CCCCCCCCCCCCCCC. The number of amides is 1. The third-order valence-corrected chi connectivity index (χ3v) is 7.35. The lowest BCUT2D eigenvalue weighted by Crippen LogP contribution is -2.45. The molecule has 0 aliphatic heterocycles. The Hall–Kier alpha value is -1.39. The number of carbonyl (C=O) groups excluding carboxylic acids is 1. The molecule has 0 aromatic rings. The lowest BCUT2D eigenvalue weighted by molar-refractivity contribution is -0.123. The molecule has 0 spiro atoms. The molecule has 2 atom stereocenters. The lowest BCUT2D eigenvalue weighted by atomic mass is 10.0. The van der Waals surface area contributed by atoms with E-state index in [2.05, 4.69) is 43.5 Å². The largest absolute Gasteiger partial charge is 0.394 e. The highest BCUT2D eigenvalue weighted by molar-refractivity contribution is 5.76. The summed E-state index contributed by atoms with van der Waals surface area (Å²) in [6.45, 7) is 4.25. The normalized spacial score (nSPS) is 13.6. The summed E-state index contributed by atoms with van der Waals surface area (Å²) in [6.07, 6.45) is 39.3. The van der Waals surface area contributed by atoms with E-state index >= 15 is 0 Å². The van der Waals surface area contributed by atoms with Crippen molar-refractivity contribution in [3.05, 3.63) is 36.5 Å². The molecular weight excluding hydrogens is 482 g/mol. The fourth-order valence-electron chi connectivity index (χ4n) is 4.74. The Labute approximate surface area is 242 Å². The Morgan fingerprint density at radius 2 is 1.00 bits per heavy atom. The van der Waals surface area contributed by atoms with E-state index < -0.39 is 12.1 Å². The molecule has 0 saturated heterocycles. The summed E-state index contributed by atoms with van der Waals surface area (Å²) in [5.41, 5.74) is 0. The smallest absolute Gasteiger partial charge is 0.220 e. The van der Waals surface area contributed by atoms with Gasteiger partial charge in [-0.2, -0.15) is 0 Å². The molecule has 3 N–H and O–H groups in total. The van der Waals surface area contributed by atoms with Gasteiger partial charge >= 0.3 is 0 Å². The molecule has 0 aromatic carbocycles. The average Bonchev–Trinajstić information content (AvgIpc) is 2.94. The van der Waals surface area contributed by atoms with Crippen LogP contribution in [0.3, 0.4) is 0 Å². The van der Waals surface area contributed by atoms with E-state index in [9.17, 15) is 15.0 Å². The summed E-state index contributed by atoms with van der Waals surface area (Å²) in [7, 11) is 0. The van der Waals surface area contributed by atoms with E-state index in [1.807, 2.05) is 6.08 Å². The van der Waals surface area contributed by atoms with Crippen molar-refractivity contribution < 1.29 is 15.0 Å². The van der Waals surface area contributed by atoms with Gasteiger partial charge in [0.1, 0.15) is 0 Å². The number of nitrogens with one attached hydrogen (secondary N) is 1. The molecule has 0 bridgehead atoms. The van der Waals surface area contributed by atoms with Crippen LogP contribution in [0.1, 0.15) is 162 Å². The van der Waals surface area contributed by atoms with Crippen LogP contribution in [0, 0.1) is 0 Å². The predicted octanol–water partition coefficient (Wildman–Crippen LogP) is 9.51. The van der Waals surface area contributed by atoms with E-state index in [-0.39, 0.29) is 12.5 Å². The number of aliphatic hydroxyl groups is 2. The highest BCUT2D eigenvalue weighted by Crippen LogP contribution is 2.13. The number of carbonyl (C=O) groups is 1. The zero-order valence-corrected chi connectivity index (χ0v) is 25.9. The van der Waals surface area contributed by atoms with Crippen LogP contribution in [0.15, 0.2) is 36.5 Å². The van der Waals surface area contributed by atoms with Gasteiger partial charge < -0.3 is 15.5 Å². The van der Waals surface area contributed by atoms with Crippen molar-refractivity contribution >= 4 is 5.91 Å².